The van der Waals surface area contributed by atoms with Crippen LogP contribution in [-0.2, 0) is 6.42 Å². The van der Waals surface area contributed by atoms with Crippen LogP contribution in [-0.4, -0.2) is 5.78 Å². The van der Waals surface area contributed by atoms with E-state index >= 15 is 0 Å². The average Bonchev–Trinajstić information content (AvgIpc) is 3.38. The molecule has 7 unspecified atom stereocenters. The molecule has 1 aromatic rings. The number of rotatable bonds is 8. The Morgan fingerprint density at radius 2 is 1.86 bits per heavy atom. The van der Waals surface area contributed by atoms with Crippen molar-refractivity contribution in [2.45, 2.75) is 119 Å². The molecule has 2 saturated carbocycles. The molecule has 1 aromatic heterocycles. The summed E-state index contributed by atoms with van der Waals surface area (Å²) in [5.74, 6) is 7.09. The van der Waals surface area contributed by atoms with Gasteiger partial charge in [0.2, 0.25) is 0 Å². The maximum atomic E-state index is 11.9. The molecule has 0 radical (unpaired) electrons. The Balaban J connectivity index is 1.30. The highest BCUT2D eigenvalue weighted by atomic mass is 16.3. The smallest absolute Gasteiger partial charge is 0.163 e. The molecular formula is C35H52O2. The topological polar surface area (TPSA) is 30.2 Å². The summed E-state index contributed by atoms with van der Waals surface area (Å²) < 4.78 is 5.97. The highest BCUT2D eigenvalue weighted by Gasteiger charge is 2.58. The van der Waals surface area contributed by atoms with E-state index in [1.807, 2.05) is 13.0 Å². The molecule has 7 atom stereocenters. The number of fused-ring (bicyclic) bond motifs is 5. The second-order valence-electron chi connectivity index (χ2n) is 14.4. The number of carbonyl (C=O) groups excluding carboxylic acids is 1. The molecule has 0 spiro atoms. The minimum Gasteiger partial charge on any atom is -0.465 e. The van der Waals surface area contributed by atoms with Crippen molar-refractivity contribution in [1.82, 2.24) is 0 Å². The largest absolute Gasteiger partial charge is 0.465 e. The van der Waals surface area contributed by atoms with Crippen molar-refractivity contribution in [2.75, 3.05) is 0 Å². The SMILES string of the molecule is CC(=O)c1cc(CC2=CC3=CCC4C(CCC5(C)C(C(C)CCCC(C)C)CCC45)C3(C)CC2)oc1C. The van der Waals surface area contributed by atoms with Crippen LogP contribution in [0, 0.1) is 53.3 Å². The molecule has 5 rings (SSSR count). The first-order valence-electron chi connectivity index (χ1n) is 15.5. The number of ketones is 1. The molecule has 0 bridgehead atoms. The van der Waals surface area contributed by atoms with Crippen molar-refractivity contribution in [1.29, 1.82) is 0 Å². The van der Waals surface area contributed by atoms with Gasteiger partial charge < -0.3 is 4.42 Å². The number of hydrogen-bond acceptors (Lipinski definition) is 2. The first-order chi connectivity index (χ1) is 17.5. The fourth-order valence-electron chi connectivity index (χ4n) is 9.75. The van der Waals surface area contributed by atoms with E-state index < -0.39 is 0 Å². The van der Waals surface area contributed by atoms with Gasteiger partial charge >= 0.3 is 0 Å². The third kappa shape index (κ3) is 4.85. The molecule has 37 heavy (non-hydrogen) atoms. The summed E-state index contributed by atoms with van der Waals surface area (Å²) >= 11 is 0. The number of hydrogen-bond donors (Lipinski definition) is 0. The van der Waals surface area contributed by atoms with Crippen LogP contribution in [0.2, 0.25) is 0 Å². The Hall–Kier alpha value is -1.57. The lowest BCUT2D eigenvalue weighted by molar-refractivity contribution is -0.0454. The molecule has 204 valence electrons. The number of furan rings is 1. The molecule has 2 fully saturated rings. The van der Waals surface area contributed by atoms with Gasteiger partial charge in [-0.05, 0) is 117 Å². The van der Waals surface area contributed by atoms with Gasteiger partial charge in [0.15, 0.2) is 5.78 Å². The van der Waals surface area contributed by atoms with E-state index in [9.17, 15) is 4.79 Å². The molecule has 4 aliphatic rings. The second-order valence-corrected chi connectivity index (χ2v) is 14.4. The third-order valence-corrected chi connectivity index (χ3v) is 11.8. The van der Waals surface area contributed by atoms with Crippen molar-refractivity contribution in [2.24, 2.45) is 46.3 Å². The third-order valence-electron chi connectivity index (χ3n) is 11.8. The van der Waals surface area contributed by atoms with Crippen LogP contribution in [0.5, 0.6) is 0 Å². The average molecular weight is 505 g/mol. The highest BCUT2D eigenvalue weighted by Crippen LogP contribution is 2.67. The monoisotopic (exact) mass is 504 g/mol. The van der Waals surface area contributed by atoms with E-state index in [0.717, 1.165) is 65.4 Å². The lowest BCUT2D eigenvalue weighted by Crippen LogP contribution is -2.49. The summed E-state index contributed by atoms with van der Waals surface area (Å²) in [6.45, 7) is 16.2. The highest BCUT2D eigenvalue weighted by molar-refractivity contribution is 5.95. The molecule has 0 saturated heterocycles. The summed E-state index contributed by atoms with van der Waals surface area (Å²) in [5, 5.41) is 0. The maximum absolute atomic E-state index is 11.9. The Morgan fingerprint density at radius 1 is 1.08 bits per heavy atom. The van der Waals surface area contributed by atoms with Gasteiger partial charge in [0.1, 0.15) is 11.5 Å². The normalized spacial score (nSPS) is 35.9. The van der Waals surface area contributed by atoms with E-state index in [2.05, 4.69) is 46.8 Å². The van der Waals surface area contributed by atoms with Gasteiger partial charge in [-0.3, -0.25) is 4.79 Å². The minimum absolute atomic E-state index is 0.0992. The number of carbonyl (C=O) groups is 1. The zero-order valence-corrected chi connectivity index (χ0v) is 24.8. The quantitative estimate of drug-likeness (QED) is 0.330. The summed E-state index contributed by atoms with van der Waals surface area (Å²) in [4.78, 5) is 11.9. The maximum Gasteiger partial charge on any atom is 0.163 e. The van der Waals surface area contributed by atoms with Crippen molar-refractivity contribution >= 4 is 5.78 Å². The van der Waals surface area contributed by atoms with Crippen molar-refractivity contribution in [3.63, 3.8) is 0 Å². The molecule has 0 aliphatic heterocycles. The van der Waals surface area contributed by atoms with Gasteiger partial charge in [0, 0.05) is 6.42 Å². The van der Waals surface area contributed by atoms with Crippen LogP contribution < -0.4 is 0 Å². The number of aryl methyl sites for hydroxylation is 1. The summed E-state index contributed by atoms with van der Waals surface area (Å²) in [7, 11) is 0. The molecular weight excluding hydrogens is 452 g/mol. The van der Waals surface area contributed by atoms with Crippen LogP contribution in [0.3, 0.4) is 0 Å². The fourth-order valence-corrected chi connectivity index (χ4v) is 9.75. The van der Waals surface area contributed by atoms with Gasteiger partial charge in [-0.25, -0.2) is 0 Å². The standard InChI is InChI=1S/C35H52O2/c1-22(2)9-8-10-23(3)31-13-14-32-29-12-11-27-19-26(20-28-21-30(24(4)36)25(5)37-28)15-17-34(27,6)33(29)16-18-35(31,32)7/h11,19,21-23,29,31-33H,8-10,12-18,20H2,1-7H3. The van der Waals surface area contributed by atoms with Crippen LogP contribution in [0.25, 0.3) is 0 Å². The van der Waals surface area contributed by atoms with Crippen LogP contribution in [0.4, 0.5) is 0 Å². The summed E-state index contributed by atoms with van der Waals surface area (Å²) in [6, 6.07) is 1.97. The van der Waals surface area contributed by atoms with Crippen LogP contribution in [0.15, 0.2) is 33.8 Å². The van der Waals surface area contributed by atoms with E-state index in [1.165, 1.54) is 63.4 Å². The van der Waals surface area contributed by atoms with Gasteiger partial charge in [-0.2, -0.15) is 0 Å². The Labute approximate surface area is 226 Å². The van der Waals surface area contributed by atoms with Gasteiger partial charge in [-0.15, -0.1) is 0 Å². The van der Waals surface area contributed by atoms with E-state index in [-0.39, 0.29) is 5.78 Å². The Morgan fingerprint density at radius 3 is 2.57 bits per heavy atom. The van der Waals surface area contributed by atoms with E-state index in [4.69, 9.17) is 4.42 Å². The molecule has 2 heteroatoms. The molecule has 2 nitrogen and oxygen atoms in total. The van der Waals surface area contributed by atoms with Gasteiger partial charge in [-0.1, -0.05) is 71.6 Å². The lowest BCUT2D eigenvalue weighted by atomic mass is 9.47. The zero-order chi connectivity index (χ0) is 26.5. The lowest BCUT2D eigenvalue weighted by Gasteiger charge is -2.57. The molecule has 1 heterocycles. The zero-order valence-electron chi connectivity index (χ0n) is 24.8. The van der Waals surface area contributed by atoms with E-state index in [1.54, 1.807) is 12.5 Å². The van der Waals surface area contributed by atoms with Crippen molar-refractivity contribution < 1.29 is 9.21 Å². The molecule has 0 amide bonds. The molecule has 4 aliphatic carbocycles. The van der Waals surface area contributed by atoms with Gasteiger partial charge in [0.25, 0.3) is 0 Å². The summed E-state index contributed by atoms with van der Waals surface area (Å²) in [6.07, 6.45) is 19.7. The second kappa shape index (κ2) is 10.2. The molecule has 0 aromatic carbocycles. The van der Waals surface area contributed by atoms with Crippen molar-refractivity contribution in [3.05, 3.63) is 46.4 Å². The van der Waals surface area contributed by atoms with E-state index in [0.29, 0.717) is 10.8 Å². The molecule has 0 N–H and O–H groups in total. The number of Topliss-reactive ketones (excluding diaryl/α,β-unsaturated/α-hetero) is 1. The van der Waals surface area contributed by atoms with Crippen LogP contribution >= 0.6 is 0 Å². The number of allylic oxidation sites excluding steroid dienone is 4. The van der Waals surface area contributed by atoms with Crippen molar-refractivity contribution in [3.8, 4) is 0 Å². The predicted molar refractivity (Wildman–Crippen MR) is 154 cm³/mol. The Kier molecular flexibility index (Phi) is 7.44. The fraction of sp³-hybridized carbons (Fsp3) is 0.743. The van der Waals surface area contributed by atoms with Crippen LogP contribution in [0.1, 0.15) is 128 Å². The predicted octanol–water partition coefficient (Wildman–Crippen LogP) is 9.91. The first-order valence-corrected chi connectivity index (χ1v) is 15.5. The minimum atomic E-state index is 0.0992. The first kappa shape index (κ1) is 27.0. The van der Waals surface area contributed by atoms with Gasteiger partial charge in [0.05, 0.1) is 5.56 Å². The summed E-state index contributed by atoms with van der Waals surface area (Å²) in [5.41, 5.74) is 4.71. The Bertz CT molecular complexity index is 1070.